The van der Waals surface area contributed by atoms with Gasteiger partial charge in [0.2, 0.25) is 0 Å². The molecule has 0 heterocycles. The Morgan fingerprint density at radius 2 is 1.80 bits per heavy atom. The summed E-state index contributed by atoms with van der Waals surface area (Å²) < 4.78 is 0. The topological polar surface area (TPSA) is 17.1 Å². The van der Waals surface area contributed by atoms with Gasteiger partial charge in [0.25, 0.3) is 0 Å². The molecule has 2 aliphatic rings. The summed E-state index contributed by atoms with van der Waals surface area (Å²) in [6.45, 7) is 2.06. The Morgan fingerprint density at radius 1 is 1.05 bits per heavy atom. The molecule has 0 aliphatic heterocycles. The van der Waals surface area contributed by atoms with Gasteiger partial charge < -0.3 is 0 Å². The van der Waals surface area contributed by atoms with E-state index in [1.54, 1.807) is 0 Å². The van der Waals surface area contributed by atoms with Crippen LogP contribution >= 0.6 is 0 Å². The third-order valence-corrected chi connectivity index (χ3v) is 4.97. The molecule has 3 unspecified atom stereocenters. The second-order valence-electron chi connectivity index (χ2n) is 6.18. The molecule has 0 spiro atoms. The van der Waals surface area contributed by atoms with E-state index in [2.05, 4.69) is 31.2 Å². The van der Waals surface area contributed by atoms with Crippen LogP contribution in [0.5, 0.6) is 0 Å². The highest BCUT2D eigenvalue weighted by atomic mass is 16.1. The third-order valence-electron chi connectivity index (χ3n) is 4.97. The van der Waals surface area contributed by atoms with Crippen molar-refractivity contribution in [3.8, 4) is 0 Å². The van der Waals surface area contributed by atoms with Crippen molar-refractivity contribution in [2.75, 3.05) is 0 Å². The second kappa shape index (κ2) is 4.31. The van der Waals surface area contributed by atoms with Crippen LogP contribution in [-0.2, 0) is 6.42 Å². The molecule has 1 fully saturated rings. The zero-order chi connectivity index (χ0) is 13.7. The maximum absolute atomic E-state index is 12.7. The molecule has 3 atom stereocenters. The molecule has 100 valence electrons. The van der Waals surface area contributed by atoms with Crippen LogP contribution in [0.3, 0.4) is 0 Å². The summed E-state index contributed by atoms with van der Waals surface area (Å²) in [6.07, 6.45) is 2.30. The fourth-order valence-corrected chi connectivity index (χ4v) is 3.83. The van der Waals surface area contributed by atoms with Crippen LogP contribution in [0.4, 0.5) is 0 Å². The molecule has 0 bridgehead atoms. The van der Waals surface area contributed by atoms with E-state index < -0.39 is 0 Å². The number of aryl methyl sites for hydroxylation is 2. The lowest BCUT2D eigenvalue weighted by molar-refractivity contribution is 0.0959. The van der Waals surface area contributed by atoms with Crippen LogP contribution in [0.25, 0.3) is 0 Å². The normalized spacial score (nSPS) is 26.6. The van der Waals surface area contributed by atoms with Crippen LogP contribution in [0.1, 0.15) is 39.4 Å². The van der Waals surface area contributed by atoms with Gasteiger partial charge >= 0.3 is 0 Å². The first-order valence-corrected chi connectivity index (χ1v) is 7.44. The number of carbonyl (C=O) groups is 1. The van der Waals surface area contributed by atoms with E-state index in [4.69, 9.17) is 0 Å². The average Bonchev–Trinajstić information content (AvgIpc) is 3.22. The minimum Gasteiger partial charge on any atom is -0.294 e. The predicted octanol–water partition coefficient (Wildman–Crippen LogP) is 4.15. The van der Waals surface area contributed by atoms with Gasteiger partial charge in [-0.1, -0.05) is 54.1 Å². The van der Waals surface area contributed by atoms with Crippen LogP contribution in [0.15, 0.2) is 48.5 Å². The highest BCUT2D eigenvalue weighted by molar-refractivity contribution is 6.01. The van der Waals surface area contributed by atoms with Gasteiger partial charge in [0.1, 0.15) is 0 Å². The minimum atomic E-state index is 0.223. The molecule has 0 saturated heterocycles. The largest absolute Gasteiger partial charge is 0.294 e. The first-order valence-electron chi connectivity index (χ1n) is 7.44. The number of hydrogen-bond acceptors (Lipinski definition) is 1. The van der Waals surface area contributed by atoms with Crippen LogP contribution in [0.2, 0.25) is 0 Å². The number of carbonyl (C=O) groups excluding carboxylic acids is 1. The van der Waals surface area contributed by atoms with Crippen LogP contribution in [-0.4, -0.2) is 5.78 Å². The van der Waals surface area contributed by atoms with E-state index in [0.29, 0.717) is 17.6 Å². The Balaban J connectivity index is 1.64. The standard InChI is InChI=1S/C19H18O/c1-12-6-8-14(9-7-12)19(20)18-16-11-10-13-4-2-3-5-15(13)17(16)18/h2-9,16-18H,10-11H2,1H3. The molecular weight excluding hydrogens is 244 g/mol. The van der Waals surface area contributed by atoms with Crippen molar-refractivity contribution >= 4 is 5.78 Å². The Labute approximate surface area is 119 Å². The monoisotopic (exact) mass is 262 g/mol. The number of benzene rings is 2. The number of rotatable bonds is 2. The quantitative estimate of drug-likeness (QED) is 0.743. The summed E-state index contributed by atoms with van der Waals surface area (Å²) in [4.78, 5) is 12.7. The Bertz CT molecular complexity index is 668. The molecule has 2 aromatic rings. The van der Waals surface area contributed by atoms with Gasteiger partial charge in [-0.2, -0.15) is 0 Å². The lowest BCUT2D eigenvalue weighted by atomic mass is 9.92. The van der Waals surface area contributed by atoms with Crippen molar-refractivity contribution in [2.24, 2.45) is 11.8 Å². The fourth-order valence-electron chi connectivity index (χ4n) is 3.83. The lowest BCUT2D eigenvalue weighted by Crippen LogP contribution is -2.03. The van der Waals surface area contributed by atoms with Gasteiger partial charge in [0.05, 0.1) is 0 Å². The van der Waals surface area contributed by atoms with Gasteiger partial charge in [-0.3, -0.25) is 4.79 Å². The molecule has 1 nitrogen and oxygen atoms in total. The number of hydrogen-bond donors (Lipinski definition) is 0. The molecule has 4 rings (SSSR count). The molecule has 0 aromatic heterocycles. The van der Waals surface area contributed by atoms with E-state index in [-0.39, 0.29) is 5.92 Å². The van der Waals surface area contributed by atoms with Crippen molar-refractivity contribution < 1.29 is 4.79 Å². The summed E-state index contributed by atoms with van der Waals surface area (Å²) in [6, 6.07) is 16.7. The fraction of sp³-hybridized carbons (Fsp3) is 0.316. The second-order valence-corrected chi connectivity index (χ2v) is 6.18. The van der Waals surface area contributed by atoms with Crippen LogP contribution < -0.4 is 0 Å². The molecule has 20 heavy (non-hydrogen) atoms. The average molecular weight is 262 g/mol. The number of ketones is 1. The summed E-state index contributed by atoms with van der Waals surface area (Å²) in [5.74, 6) is 1.63. The Kier molecular flexibility index (Phi) is 2.56. The van der Waals surface area contributed by atoms with Crippen molar-refractivity contribution in [1.82, 2.24) is 0 Å². The van der Waals surface area contributed by atoms with Crippen molar-refractivity contribution in [3.63, 3.8) is 0 Å². The zero-order valence-corrected chi connectivity index (χ0v) is 11.7. The van der Waals surface area contributed by atoms with E-state index >= 15 is 0 Å². The third kappa shape index (κ3) is 1.73. The zero-order valence-electron chi connectivity index (χ0n) is 11.7. The number of fused-ring (bicyclic) bond motifs is 3. The van der Waals surface area contributed by atoms with Gasteiger partial charge in [0, 0.05) is 11.5 Å². The molecule has 1 heteroatoms. The molecule has 0 N–H and O–H groups in total. The van der Waals surface area contributed by atoms with Crippen molar-refractivity contribution in [3.05, 3.63) is 70.8 Å². The molecule has 0 radical (unpaired) electrons. The van der Waals surface area contributed by atoms with E-state index in [9.17, 15) is 4.79 Å². The van der Waals surface area contributed by atoms with Gasteiger partial charge in [-0.05, 0) is 42.7 Å². The highest BCUT2D eigenvalue weighted by Crippen LogP contribution is 2.60. The Hall–Kier alpha value is -1.89. The maximum atomic E-state index is 12.7. The molecule has 0 amide bonds. The molecule has 2 aromatic carbocycles. The van der Waals surface area contributed by atoms with Crippen molar-refractivity contribution in [1.29, 1.82) is 0 Å². The van der Waals surface area contributed by atoms with E-state index in [1.165, 1.54) is 23.1 Å². The molecular formula is C19H18O. The smallest absolute Gasteiger partial charge is 0.166 e. The summed E-state index contributed by atoms with van der Waals surface area (Å²) in [5.41, 5.74) is 4.97. The van der Waals surface area contributed by atoms with Gasteiger partial charge in [0.15, 0.2) is 5.78 Å². The SMILES string of the molecule is Cc1ccc(C(=O)C2C3CCc4ccccc4C32)cc1. The predicted molar refractivity (Wildman–Crippen MR) is 80.0 cm³/mol. The highest BCUT2D eigenvalue weighted by Gasteiger charge is 2.56. The van der Waals surface area contributed by atoms with Crippen molar-refractivity contribution in [2.45, 2.75) is 25.7 Å². The molecule has 2 aliphatic carbocycles. The Morgan fingerprint density at radius 3 is 2.60 bits per heavy atom. The lowest BCUT2D eigenvalue weighted by Gasteiger charge is -2.13. The first-order chi connectivity index (χ1) is 9.75. The molecule has 1 saturated carbocycles. The van der Waals surface area contributed by atoms with Gasteiger partial charge in [-0.15, -0.1) is 0 Å². The summed E-state index contributed by atoms with van der Waals surface area (Å²) in [5, 5.41) is 0. The summed E-state index contributed by atoms with van der Waals surface area (Å²) >= 11 is 0. The summed E-state index contributed by atoms with van der Waals surface area (Å²) in [7, 11) is 0. The van der Waals surface area contributed by atoms with Gasteiger partial charge in [-0.25, -0.2) is 0 Å². The van der Waals surface area contributed by atoms with E-state index in [0.717, 1.165) is 12.0 Å². The van der Waals surface area contributed by atoms with Crippen LogP contribution in [0, 0.1) is 18.8 Å². The maximum Gasteiger partial charge on any atom is 0.166 e. The van der Waals surface area contributed by atoms with E-state index in [1.807, 2.05) is 24.3 Å². The minimum absolute atomic E-state index is 0.223. The number of Topliss-reactive ketones (excluding diaryl/α,β-unsaturated/α-hetero) is 1. The first kappa shape index (κ1) is 11.9.